The molecular formula is C16H31N3O. The summed E-state index contributed by atoms with van der Waals surface area (Å²) in [5.41, 5.74) is 0. The van der Waals surface area contributed by atoms with E-state index in [2.05, 4.69) is 35.9 Å². The molecular weight excluding hydrogens is 250 g/mol. The number of urea groups is 1. The van der Waals surface area contributed by atoms with E-state index in [0.717, 1.165) is 57.3 Å². The van der Waals surface area contributed by atoms with Crippen LogP contribution < -0.4 is 5.32 Å². The standard InChI is InChI=1S/C16H31N3O/c1-13(2)11-14(3)12-18-9-5-15(6-10-18)19-8-4-7-17-16(19)20/h13-15H,4-12H2,1-3H3,(H,17,20). The van der Waals surface area contributed by atoms with Crippen LogP contribution in [0.4, 0.5) is 4.79 Å². The molecule has 2 aliphatic rings. The Morgan fingerprint density at radius 1 is 1.20 bits per heavy atom. The minimum Gasteiger partial charge on any atom is -0.338 e. The van der Waals surface area contributed by atoms with E-state index in [1.807, 2.05) is 0 Å². The summed E-state index contributed by atoms with van der Waals surface area (Å²) in [5, 5.41) is 2.97. The first-order valence-corrected chi connectivity index (χ1v) is 8.33. The normalized spacial score (nSPS) is 24.0. The van der Waals surface area contributed by atoms with E-state index < -0.39 is 0 Å². The monoisotopic (exact) mass is 281 g/mol. The number of carbonyl (C=O) groups excluding carboxylic acids is 1. The minimum atomic E-state index is 0.155. The fourth-order valence-corrected chi connectivity index (χ4v) is 3.73. The average molecular weight is 281 g/mol. The third-order valence-electron chi connectivity index (χ3n) is 4.55. The molecule has 0 spiro atoms. The van der Waals surface area contributed by atoms with Gasteiger partial charge in [0, 0.05) is 38.8 Å². The molecule has 1 unspecified atom stereocenters. The molecule has 2 fully saturated rings. The van der Waals surface area contributed by atoms with Gasteiger partial charge < -0.3 is 15.1 Å². The maximum Gasteiger partial charge on any atom is 0.317 e. The molecule has 2 heterocycles. The van der Waals surface area contributed by atoms with Crippen LogP contribution in [-0.2, 0) is 0 Å². The highest BCUT2D eigenvalue weighted by atomic mass is 16.2. The Balaban J connectivity index is 1.73. The molecule has 2 rings (SSSR count). The predicted molar refractivity (Wildman–Crippen MR) is 82.8 cm³/mol. The number of hydrogen-bond donors (Lipinski definition) is 1. The molecule has 4 nitrogen and oxygen atoms in total. The summed E-state index contributed by atoms with van der Waals surface area (Å²) >= 11 is 0. The van der Waals surface area contributed by atoms with Gasteiger partial charge in [0.1, 0.15) is 0 Å². The molecule has 4 heteroatoms. The number of nitrogens with one attached hydrogen (secondary N) is 1. The van der Waals surface area contributed by atoms with Crippen LogP contribution in [0.25, 0.3) is 0 Å². The van der Waals surface area contributed by atoms with Crippen molar-refractivity contribution in [2.45, 2.75) is 52.5 Å². The molecule has 2 amide bonds. The molecule has 1 atom stereocenters. The number of amides is 2. The second kappa shape index (κ2) is 7.30. The SMILES string of the molecule is CC(C)CC(C)CN1CCC(N2CCCNC2=O)CC1. The van der Waals surface area contributed by atoms with Gasteiger partial charge in [-0.25, -0.2) is 4.79 Å². The van der Waals surface area contributed by atoms with Crippen LogP contribution in [-0.4, -0.2) is 54.6 Å². The number of piperidine rings is 1. The first-order chi connectivity index (χ1) is 9.56. The van der Waals surface area contributed by atoms with Crippen LogP contribution in [0.1, 0.15) is 46.5 Å². The van der Waals surface area contributed by atoms with Gasteiger partial charge in [-0.1, -0.05) is 20.8 Å². The highest BCUT2D eigenvalue weighted by Gasteiger charge is 2.29. The molecule has 0 aromatic rings. The second-order valence-corrected chi connectivity index (χ2v) is 7.05. The lowest BCUT2D eigenvalue weighted by Gasteiger charge is -2.40. The van der Waals surface area contributed by atoms with E-state index in [0.29, 0.717) is 6.04 Å². The molecule has 0 aliphatic carbocycles. The van der Waals surface area contributed by atoms with Crippen LogP contribution in [0.15, 0.2) is 0 Å². The molecule has 2 aliphatic heterocycles. The fraction of sp³-hybridized carbons (Fsp3) is 0.938. The van der Waals surface area contributed by atoms with Crippen LogP contribution in [0.3, 0.4) is 0 Å². The van der Waals surface area contributed by atoms with Crippen molar-refractivity contribution in [1.82, 2.24) is 15.1 Å². The first kappa shape index (κ1) is 15.6. The van der Waals surface area contributed by atoms with Crippen molar-refractivity contribution in [3.63, 3.8) is 0 Å². The number of carbonyl (C=O) groups is 1. The van der Waals surface area contributed by atoms with Crippen LogP contribution in [0, 0.1) is 11.8 Å². The van der Waals surface area contributed by atoms with Crippen molar-refractivity contribution in [2.24, 2.45) is 11.8 Å². The zero-order valence-electron chi connectivity index (χ0n) is 13.4. The summed E-state index contributed by atoms with van der Waals surface area (Å²) in [6.45, 7) is 12.3. The Morgan fingerprint density at radius 3 is 2.50 bits per heavy atom. The average Bonchev–Trinajstić information content (AvgIpc) is 2.39. The Kier molecular flexibility index (Phi) is 5.70. The van der Waals surface area contributed by atoms with E-state index in [1.165, 1.54) is 13.0 Å². The molecule has 116 valence electrons. The van der Waals surface area contributed by atoms with E-state index >= 15 is 0 Å². The summed E-state index contributed by atoms with van der Waals surface area (Å²) in [6.07, 6.45) is 4.69. The van der Waals surface area contributed by atoms with Gasteiger partial charge in [0.25, 0.3) is 0 Å². The predicted octanol–water partition coefficient (Wildman–Crippen LogP) is 2.55. The van der Waals surface area contributed by atoms with E-state index in [9.17, 15) is 4.79 Å². The first-order valence-electron chi connectivity index (χ1n) is 8.33. The van der Waals surface area contributed by atoms with E-state index in [4.69, 9.17) is 0 Å². The van der Waals surface area contributed by atoms with Gasteiger partial charge in [0.15, 0.2) is 0 Å². The lowest BCUT2D eigenvalue weighted by atomic mass is 9.96. The summed E-state index contributed by atoms with van der Waals surface area (Å²) in [4.78, 5) is 16.5. The summed E-state index contributed by atoms with van der Waals surface area (Å²) in [7, 11) is 0. The minimum absolute atomic E-state index is 0.155. The lowest BCUT2D eigenvalue weighted by Crippen LogP contribution is -2.54. The van der Waals surface area contributed by atoms with Crippen molar-refractivity contribution in [2.75, 3.05) is 32.7 Å². The largest absolute Gasteiger partial charge is 0.338 e. The number of nitrogens with zero attached hydrogens (tertiary/aromatic N) is 2. The van der Waals surface area contributed by atoms with E-state index in [-0.39, 0.29) is 6.03 Å². The summed E-state index contributed by atoms with van der Waals surface area (Å²) in [6, 6.07) is 0.620. The summed E-state index contributed by atoms with van der Waals surface area (Å²) in [5.74, 6) is 1.57. The highest BCUT2D eigenvalue weighted by molar-refractivity contribution is 5.75. The van der Waals surface area contributed by atoms with Crippen molar-refractivity contribution >= 4 is 6.03 Å². The van der Waals surface area contributed by atoms with Gasteiger partial charge in [0.05, 0.1) is 0 Å². The number of hydrogen-bond acceptors (Lipinski definition) is 2. The fourth-order valence-electron chi connectivity index (χ4n) is 3.73. The van der Waals surface area contributed by atoms with Crippen molar-refractivity contribution in [3.05, 3.63) is 0 Å². The van der Waals surface area contributed by atoms with Crippen molar-refractivity contribution in [3.8, 4) is 0 Å². The van der Waals surface area contributed by atoms with Gasteiger partial charge in [-0.15, -0.1) is 0 Å². The molecule has 20 heavy (non-hydrogen) atoms. The van der Waals surface area contributed by atoms with E-state index in [1.54, 1.807) is 0 Å². The van der Waals surface area contributed by atoms with Crippen molar-refractivity contribution < 1.29 is 4.79 Å². The topological polar surface area (TPSA) is 35.6 Å². The molecule has 0 aromatic carbocycles. The van der Waals surface area contributed by atoms with Gasteiger partial charge in [-0.3, -0.25) is 0 Å². The third kappa shape index (κ3) is 4.37. The summed E-state index contributed by atoms with van der Waals surface area (Å²) < 4.78 is 0. The number of likely N-dealkylation sites (tertiary alicyclic amines) is 1. The van der Waals surface area contributed by atoms with Crippen LogP contribution >= 0.6 is 0 Å². The zero-order chi connectivity index (χ0) is 14.5. The smallest absolute Gasteiger partial charge is 0.317 e. The third-order valence-corrected chi connectivity index (χ3v) is 4.55. The zero-order valence-corrected chi connectivity index (χ0v) is 13.4. The quantitative estimate of drug-likeness (QED) is 0.840. The Labute approximate surface area is 123 Å². The maximum atomic E-state index is 11.9. The second-order valence-electron chi connectivity index (χ2n) is 7.05. The molecule has 2 saturated heterocycles. The molecule has 0 aromatic heterocycles. The van der Waals surface area contributed by atoms with Gasteiger partial charge in [-0.05, 0) is 37.5 Å². The Morgan fingerprint density at radius 2 is 1.90 bits per heavy atom. The Hall–Kier alpha value is -0.770. The van der Waals surface area contributed by atoms with Crippen molar-refractivity contribution in [1.29, 1.82) is 0 Å². The van der Waals surface area contributed by atoms with Crippen LogP contribution in [0.2, 0.25) is 0 Å². The maximum absolute atomic E-state index is 11.9. The lowest BCUT2D eigenvalue weighted by molar-refractivity contribution is 0.103. The van der Waals surface area contributed by atoms with Gasteiger partial charge in [-0.2, -0.15) is 0 Å². The molecule has 0 radical (unpaired) electrons. The number of rotatable bonds is 5. The van der Waals surface area contributed by atoms with Gasteiger partial charge >= 0.3 is 6.03 Å². The molecule has 0 bridgehead atoms. The Bertz CT molecular complexity index is 311. The molecule has 1 N–H and O–H groups in total. The molecule has 0 saturated carbocycles. The van der Waals surface area contributed by atoms with Crippen LogP contribution in [0.5, 0.6) is 0 Å². The highest BCUT2D eigenvalue weighted by Crippen LogP contribution is 2.20. The van der Waals surface area contributed by atoms with Gasteiger partial charge in [0.2, 0.25) is 0 Å².